The van der Waals surface area contributed by atoms with Gasteiger partial charge in [0.05, 0.1) is 0 Å². The van der Waals surface area contributed by atoms with Gasteiger partial charge < -0.3 is 15.2 Å². The number of ether oxygens (including phenoxy) is 1. The van der Waals surface area contributed by atoms with Crippen molar-refractivity contribution in [2.24, 2.45) is 5.92 Å². The fraction of sp³-hybridized carbons (Fsp3) is 0.500. The molecule has 1 heterocycles. The second-order valence-corrected chi connectivity index (χ2v) is 5.56. The maximum atomic E-state index is 11.4. The number of aliphatic carboxylic acids is 1. The minimum atomic E-state index is -0.985. The molecule has 120 valence electrons. The van der Waals surface area contributed by atoms with E-state index in [1.54, 1.807) is 13.1 Å². The Labute approximate surface area is 130 Å². The van der Waals surface area contributed by atoms with Crippen LogP contribution in [0.4, 0.5) is 0 Å². The molecule has 6 nitrogen and oxygen atoms in total. The summed E-state index contributed by atoms with van der Waals surface area (Å²) >= 11 is 0. The van der Waals surface area contributed by atoms with Crippen molar-refractivity contribution in [3.63, 3.8) is 0 Å². The Bertz CT molecular complexity index is 533. The molecule has 0 saturated carbocycles. The van der Waals surface area contributed by atoms with E-state index in [-0.39, 0.29) is 12.5 Å². The van der Waals surface area contributed by atoms with Crippen LogP contribution in [-0.4, -0.2) is 48.6 Å². The standard InChI is InChI=1S/C16H22N2O4/c1-17-15(19)8-12-6-7-18(9-12)10-13-4-2-3-5-14(13)22-11-16(20)21/h2-5,12H,6-11H2,1H3,(H,17,19)(H,20,21)/t12-/m0/s1. The summed E-state index contributed by atoms with van der Waals surface area (Å²) in [5.74, 6) is 0.0883. The number of benzene rings is 1. The van der Waals surface area contributed by atoms with Crippen molar-refractivity contribution in [3.05, 3.63) is 29.8 Å². The SMILES string of the molecule is CNC(=O)C[C@@H]1CCN(Cc2ccccc2OCC(=O)O)C1. The minimum Gasteiger partial charge on any atom is -0.482 e. The Morgan fingerprint density at radius 2 is 2.18 bits per heavy atom. The number of carboxylic acids is 1. The van der Waals surface area contributed by atoms with Crippen molar-refractivity contribution in [3.8, 4) is 5.75 Å². The van der Waals surface area contributed by atoms with E-state index in [0.29, 0.717) is 24.6 Å². The summed E-state index contributed by atoms with van der Waals surface area (Å²) < 4.78 is 5.33. The summed E-state index contributed by atoms with van der Waals surface area (Å²) in [4.78, 5) is 24.3. The molecule has 1 aromatic carbocycles. The van der Waals surface area contributed by atoms with Crippen LogP contribution in [0.2, 0.25) is 0 Å². The van der Waals surface area contributed by atoms with Crippen molar-refractivity contribution >= 4 is 11.9 Å². The maximum Gasteiger partial charge on any atom is 0.341 e. The van der Waals surface area contributed by atoms with Gasteiger partial charge in [-0.05, 0) is 24.9 Å². The molecular weight excluding hydrogens is 284 g/mol. The molecule has 6 heteroatoms. The molecule has 0 aliphatic carbocycles. The molecule has 1 aliphatic rings. The lowest BCUT2D eigenvalue weighted by molar-refractivity contribution is -0.139. The number of amides is 1. The minimum absolute atomic E-state index is 0.0806. The monoisotopic (exact) mass is 306 g/mol. The summed E-state index contributed by atoms with van der Waals surface area (Å²) in [6, 6.07) is 7.49. The van der Waals surface area contributed by atoms with Crippen LogP contribution in [0.3, 0.4) is 0 Å². The van der Waals surface area contributed by atoms with Crippen LogP contribution in [0, 0.1) is 5.92 Å². The van der Waals surface area contributed by atoms with Gasteiger partial charge in [0.25, 0.3) is 0 Å². The molecule has 1 atom stereocenters. The number of likely N-dealkylation sites (tertiary alicyclic amines) is 1. The number of hydrogen-bond donors (Lipinski definition) is 2. The molecule has 2 N–H and O–H groups in total. The van der Waals surface area contributed by atoms with E-state index in [1.807, 2.05) is 18.2 Å². The highest BCUT2D eigenvalue weighted by Crippen LogP contribution is 2.25. The van der Waals surface area contributed by atoms with Gasteiger partial charge in [-0.15, -0.1) is 0 Å². The number of hydrogen-bond acceptors (Lipinski definition) is 4. The van der Waals surface area contributed by atoms with E-state index in [9.17, 15) is 9.59 Å². The smallest absolute Gasteiger partial charge is 0.341 e. The molecule has 22 heavy (non-hydrogen) atoms. The van der Waals surface area contributed by atoms with Crippen LogP contribution in [0.5, 0.6) is 5.75 Å². The molecule has 0 aromatic heterocycles. The summed E-state index contributed by atoms with van der Waals surface area (Å²) in [6.07, 6.45) is 1.57. The highest BCUT2D eigenvalue weighted by Gasteiger charge is 2.24. The molecule has 0 bridgehead atoms. The summed E-state index contributed by atoms with van der Waals surface area (Å²) in [6.45, 7) is 2.19. The Kier molecular flexibility index (Phi) is 5.77. The van der Waals surface area contributed by atoms with E-state index in [4.69, 9.17) is 9.84 Å². The van der Waals surface area contributed by atoms with Crippen LogP contribution in [0.25, 0.3) is 0 Å². The fourth-order valence-electron chi connectivity index (χ4n) is 2.74. The summed E-state index contributed by atoms with van der Waals surface area (Å²) in [5, 5.41) is 11.4. The molecular formula is C16H22N2O4. The lowest BCUT2D eigenvalue weighted by Gasteiger charge is -2.18. The molecule has 0 radical (unpaired) electrons. The third-order valence-corrected chi connectivity index (χ3v) is 3.84. The average molecular weight is 306 g/mol. The molecule has 1 saturated heterocycles. The second kappa shape index (κ2) is 7.79. The van der Waals surface area contributed by atoms with Crippen LogP contribution in [0.1, 0.15) is 18.4 Å². The molecule has 1 fully saturated rings. The zero-order chi connectivity index (χ0) is 15.9. The van der Waals surface area contributed by atoms with Crippen LogP contribution in [0.15, 0.2) is 24.3 Å². The van der Waals surface area contributed by atoms with Gasteiger partial charge in [0.15, 0.2) is 6.61 Å². The Morgan fingerprint density at radius 3 is 2.91 bits per heavy atom. The predicted octanol–water partition coefficient (Wildman–Crippen LogP) is 1.11. The molecule has 0 unspecified atom stereocenters. The molecule has 1 aromatic rings. The van der Waals surface area contributed by atoms with Gasteiger partial charge in [0.2, 0.25) is 5.91 Å². The first-order valence-corrected chi connectivity index (χ1v) is 7.44. The molecule has 2 rings (SSSR count). The molecule has 0 spiro atoms. The van der Waals surface area contributed by atoms with Crippen molar-refractivity contribution in [1.82, 2.24) is 10.2 Å². The van der Waals surface area contributed by atoms with Crippen LogP contribution < -0.4 is 10.1 Å². The first-order valence-electron chi connectivity index (χ1n) is 7.44. The van der Waals surface area contributed by atoms with Gasteiger partial charge in [-0.25, -0.2) is 4.79 Å². The second-order valence-electron chi connectivity index (χ2n) is 5.56. The van der Waals surface area contributed by atoms with Crippen molar-refractivity contribution < 1.29 is 19.4 Å². The number of nitrogens with one attached hydrogen (secondary N) is 1. The van der Waals surface area contributed by atoms with Crippen molar-refractivity contribution in [2.45, 2.75) is 19.4 Å². The third kappa shape index (κ3) is 4.73. The highest BCUT2D eigenvalue weighted by atomic mass is 16.5. The first kappa shape index (κ1) is 16.3. The Balaban J connectivity index is 1.91. The highest BCUT2D eigenvalue weighted by molar-refractivity contribution is 5.75. The largest absolute Gasteiger partial charge is 0.482 e. The van der Waals surface area contributed by atoms with E-state index in [2.05, 4.69) is 10.2 Å². The number of carbonyl (C=O) groups is 2. The summed E-state index contributed by atoms with van der Waals surface area (Å²) in [7, 11) is 1.66. The zero-order valence-electron chi connectivity index (χ0n) is 12.7. The lowest BCUT2D eigenvalue weighted by Crippen LogP contribution is -2.24. The number of para-hydroxylation sites is 1. The van der Waals surface area contributed by atoms with Crippen molar-refractivity contribution in [1.29, 1.82) is 0 Å². The summed E-state index contributed by atoms with van der Waals surface area (Å²) in [5.41, 5.74) is 0.976. The van der Waals surface area contributed by atoms with Gasteiger partial charge in [-0.1, -0.05) is 18.2 Å². The van der Waals surface area contributed by atoms with E-state index in [0.717, 1.165) is 25.1 Å². The molecule has 1 amide bonds. The number of carboxylic acid groups (broad SMARTS) is 1. The van der Waals surface area contributed by atoms with Gasteiger partial charge in [0, 0.05) is 32.1 Å². The lowest BCUT2D eigenvalue weighted by atomic mass is 10.0. The Morgan fingerprint density at radius 1 is 1.41 bits per heavy atom. The zero-order valence-corrected chi connectivity index (χ0v) is 12.7. The topological polar surface area (TPSA) is 78.9 Å². The van der Waals surface area contributed by atoms with E-state index in [1.165, 1.54) is 0 Å². The number of nitrogens with zero attached hydrogens (tertiary/aromatic N) is 1. The van der Waals surface area contributed by atoms with Gasteiger partial charge >= 0.3 is 5.97 Å². The van der Waals surface area contributed by atoms with Crippen LogP contribution in [-0.2, 0) is 16.1 Å². The third-order valence-electron chi connectivity index (χ3n) is 3.84. The number of carbonyl (C=O) groups excluding carboxylic acids is 1. The number of rotatable bonds is 7. The van der Waals surface area contributed by atoms with Gasteiger partial charge in [-0.3, -0.25) is 9.69 Å². The average Bonchev–Trinajstić information content (AvgIpc) is 2.93. The van der Waals surface area contributed by atoms with Crippen LogP contribution >= 0.6 is 0 Å². The van der Waals surface area contributed by atoms with Gasteiger partial charge in [-0.2, -0.15) is 0 Å². The van der Waals surface area contributed by atoms with E-state index < -0.39 is 5.97 Å². The van der Waals surface area contributed by atoms with Crippen molar-refractivity contribution in [2.75, 3.05) is 26.7 Å². The quantitative estimate of drug-likeness (QED) is 0.789. The maximum absolute atomic E-state index is 11.4. The van der Waals surface area contributed by atoms with E-state index >= 15 is 0 Å². The Hall–Kier alpha value is -2.08. The fourth-order valence-corrected chi connectivity index (χ4v) is 2.74. The predicted molar refractivity (Wildman–Crippen MR) is 81.6 cm³/mol. The normalized spacial score (nSPS) is 18.1. The van der Waals surface area contributed by atoms with Gasteiger partial charge in [0.1, 0.15) is 5.75 Å². The first-order chi connectivity index (χ1) is 10.6. The molecule has 1 aliphatic heterocycles.